The zero-order chi connectivity index (χ0) is 33.1. The molecule has 2 aromatic heterocycles. The fraction of sp³-hybridized carbons (Fsp3) is 0.455. The number of likely N-dealkylation sites (tertiary alicyclic amines) is 2. The van der Waals surface area contributed by atoms with E-state index in [1.54, 1.807) is 6.92 Å². The third-order valence-electron chi connectivity index (χ3n) is 9.64. The van der Waals surface area contributed by atoms with Gasteiger partial charge in [-0.2, -0.15) is 9.97 Å². The molecule has 0 radical (unpaired) electrons. The average molecular weight is 682 g/mol. The normalized spacial score (nSPS) is 20.4. The van der Waals surface area contributed by atoms with E-state index in [-0.39, 0.29) is 84.8 Å². The number of nitrogens with zero attached hydrogens (tertiary/aromatic N) is 6. The summed E-state index contributed by atoms with van der Waals surface area (Å²) in [6, 6.07) is 2.79. The molecule has 3 aliphatic heterocycles. The van der Waals surface area contributed by atoms with Gasteiger partial charge in [-0.1, -0.05) is 17.7 Å². The highest BCUT2D eigenvalue weighted by Gasteiger charge is 2.35. The van der Waals surface area contributed by atoms with Crippen molar-refractivity contribution in [2.45, 2.75) is 45.3 Å². The fourth-order valence-corrected chi connectivity index (χ4v) is 8.55. The number of fused-ring (bicyclic) bond motifs is 1. The predicted molar refractivity (Wildman–Crippen MR) is 180 cm³/mol. The van der Waals surface area contributed by atoms with Gasteiger partial charge >= 0.3 is 6.01 Å². The highest BCUT2D eigenvalue weighted by molar-refractivity contribution is 7.23. The van der Waals surface area contributed by atoms with Crippen molar-refractivity contribution >= 4 is 66.3 Å². The van der Waals surface area contributed by atoms with Crippen LogP contribution >= 0.6 is 22.9 Å². The molecule has 2 fully saturated rings. The largest absolute Gasteiger partial charge is 0.489 e. The Kier molecular flexibility index (Phi) is 8.22. The first-order valence-corrected chi connectivity index (χ1v) is 16.9. The van der Waals surface area contributed by atoms with Gasteiger partial charge in [-0.15, -0.1) is 11.3 Å². The maximum absolute atomic E-state index is 17.1. The van der Waals surface area contributed by atoms with Crippen molar-refractivity contribution in [1.82, 2.24) is 19.8 Å². The average Bonchev–Trinajstić information content (AvgIpc) is 3.74. The van der Waals surface area contributed by atoms with E-state index in [1.165, 1.54) is 12.1 Å². The minimum absolute atomic E-state index is 0.0213. The smallest absolute Gasteiger partial charge is 0.319 e. The quantitative estimate of drug-likeness (QED) is 0.230. The molecule has 0 bridgehead atoms. The number of anilines is 2. The van der Waals surface area contributed by atoms with Gasteiger partial charge in [0.05, 0.1) is 33.2 Å². The number of benzene rings is 2. The van der Waals surface area contributed by atoms with Crippen LogP contribution in [0.2, 0.25) is 5.02 Å². The number of rotatable bonds is 6. The molecular weight excluding hydrogens is 648 g/mol. The topological polar surface area (TPSA) is 101 Å². The van der Waals surface area contributed by atoms with E-state index in [0.717, 1.165) is 37.1 Å². The Labute approximate surface area is 279 Å². The summed E-state index contributed by atoms with van der Waals surface area (Å²) >= 11 is 7.96. The van der Waals surface area contributed by atoms with Gasteiger partial charge in [-0.05, 0) is 57.3 Å². The van der Waals surface area contributed by atoms with Crippen LogP contribution < -0.4 is 20.1 Å². The van der Waals surface area contributed by atoms with E-state index >= 15 is 4.39 Å². The van der Waals surface area contributed by atoms with Crippen LogP contribution in [0.1, 0.15) is 33.1 Å². The minimum Gasteiger partial charge on any atom is -0.489 e. The van der Waals surface area contributed by atoms with Crippen molar-refractivity contribution in [3.8, 4) is 22.9 Å². The van der Waals surface area contributed by atoms with Crippen LogP contribution in [-0.4, -0.2) is 84.2 Å². The number of likely N-dealkylation sites (N-methyl/N-ethyl adjacent to an activating group) is 1. The third kappa shape index (κ3) is 5.36. The van der Waals surface area contributed by atoms with Gasteiger partial charge in [-0.25, -0.2) is 13.6 Å². The number of carbonyl (C=O) groups is 1. The lowest BCUT2D eigenvalue weighted by molar-refractivity contribution is -0.127. The van der Waals surface area contributed by atoms with Crippen LogP contribution in [0.3, 0.4) is 0 Å². The Balaban J connectivity index is 1.42. The summed E-state index contributed by atoms with van der Waals surface area (Å²) in [5.41, 5.74) is 6.23. The second-order valence-corrected chi connectivity index (χ2v) is 14.0. The number of halogens is 3. The number of nitrogen functional groups attached to an aromatic ring is 1. The molecular formula is C33H34ClF2N7O3S. The molecule has 3 aliphatic rings. The summed E-state index contributed by atoms with van der Waals surface area (Å²) in [5.74, 6) is -0.497. The van der Waals surface area contributed by atoms with Gasteiger partial charge in [0, 0.05) is 43.5 Å². The van der Waals surface area contributed by atoms with Crippen LogP contribution in [0.5, 0.6) is 11.8 Å². The molecule has 2 aromatic carbocycles. The number of thiophene rings is 1. The SMILES string of the molecule is [C-]#[N+]c1c(N)sc2c(F)ccc(-c3c(Cl)c4c5c(nc(O[C@@H](C)C6CCCN6C)nc5c3F)N(CC3CCN(C(C)=O)C3)CCO4)c12. The van der Waals surface area contributed by atoms with E-state index in [2.05, 4.69) is 21.8 Å². The molecule has 2 saturated heterocycles. The number of aromatic nitrogens is 2. The van der Waals surface area contributed by atoms with Crippen LogP contribution in [0.25, 0.3) is 37.0 Å². The molecule has 5 heterocycles. The zero-order valence-corrected chi connectivity index (χ0v) is 27.9. The molecule has 4 aromatic rings. The standard InChI is InChI=1S/C33H34ClF2N7O3S/c1-16(21-6-5-10-41(21)4)46-33-39-27-24-29(45-13-12-43(32(24)40-33)15-18-9-11-42(14-18)17(2)44)25(34)22(26(27)36)19-7-8-20(35)30-23(19)28(38-3)31(37)47-30/h7-8,16,18,21H,5-6,9-15,37H2,1-2,4H3/t16-,18?,21?/m0/s1. The van der Waals surface area contributed by atoms with Crippen molar-refractivity contribution in [3.05, 3.63) is 40.2 Å². The number of amides is 1. The van der Waals surface area contributed by atoms with Crippen molar-refractivity contribution < 1.29 is 23.0 Å². The Morgan fingerprint density at radius 1 is 1.26 bits per heavy atom. The van der Waals surface area contributed by atoms with Crippen LogP contribution in [0, 0.1) is 24.1 Å². The Morgan fingerprint density at radius 3 is 2.77 bits per heavy atom. The first-order chi connectivity index (χ1) is 22.6. The molecule has 3 atom stereocenters. The number of carbonyl (C=O) groups excluding carboxylic acids is 1. The molecule has 246 valence electrons. The second-order valence-electron chi connectivity index (χ2n) is 12.5. The lowest BCUT2D eigenvalue weighted by Gasteiger charge is -2.28. The van der Waals surface area contributed by atoms with E-state index < -0.39 is 11.6 Å². The molecule has 14 heteroatoms. The summed E-state index contributed by atoms with van der Waals surface area (Å²) in [5, 5.41) is 0.588. The summed E-state index contributed by atoms with van der Waals surface area (Å²) in [4.78, 5) is 31.2. The monoisotopic (exact) mass is 681 g/mol. The first kappa shape index (κ1) is 31.6. The van der Waals surface area contributed by atoms with Gasteiger partial charge in [0.15, 0.2) is 11.6 Å². The number of hydrogen-bond donors (Lipinski definition) is 1. The molecule has 0 spiro atoms. The predicted octanol–water partition coefficient (Wildman–Crippen LogP) is 6.50. The van der Waals surface area contributed by atoms with Crippen molar-refractivity contribution in [2.75, 3.05) is 57.0 Å². The molecule has 0 aliphatic carbocycles. The Hall–Kier alpha value is -3.99. The molecule has 47 heavy (non-hydrogen) atoms. The number of ether oxygens (including phenoxy) is 2. The van der Waals surface area contributed by atoms with Crippen LogP contribution in [0.4, 0.5) is 25.3 Å². The Morgan fingerprint density at radius 2 is 2.06 bits per heavy atom. The van der Waals surface area contributed by atoms with Crippen LogP contribution in [0.15, 0.2) is 12.1 Å². The first-order valence-electron chi connectivity index (χ1n) is 15.7. The molecule has 10 nitrogen and oxygen atoms in total. The third-order valence-corrected chi connectivity index (χ3v) is 11.0. The fourth-order valence-electron chi connectivity index (χ4n) is 7.28. The summed E-state index contributed by atoms with van der Waals surface area (Å²) in [6.45, 7) is 14.7. The molecule has 0 saturated carbocycles. The van der Waals surface area contributed by atoms with Gasteiger partial charge < -0.3 is 25.0 Å². The van der Waals surface area contributed by atoms with Crippen molar-refractivity contribution in [1.29, 1.82) is 0 Å². The Bertz CT molecular complexity index is 1970. The maximum Gasteiger partial charge on any atom is 0.319 e. The molecule has 7 rings (SSSR count). The van der Waals surface area contributed by atoms with Gasteiger partial charge in [-0.3, -0.25) is 9.69 Å². The van der Waals surface area contributed by atoms with Gasteiger partial charge in [0.2, 0.25) is 11.6 Å². The van der Waals surface area contributed by atoms with E-state index in [9.17, 15) is 9.18 Å². The minimum atomic E-state index is -0.768. The van der Waals surface area contributed by atoms with E-state index in [0.29, 0.717) is 37.4 Å². The van der Waals surface area contributed by atoms with E-state index in [1.807, 2.05) is 16.7 Å². The molecule has 2 N–H and O–H groups in total. The maximum atomic E-state index is 17.1. The number of hydrogen-bond acceptors (Lipinski definition) is 9. The lowest BCUT2D eigenvalue weighted by atomic mass is 9.97. The molecule has 1 amide bonds. The summed E-state index contributed by atoms with van der Waals surface area (Å²) in [6.07, 6.45) is 2.56. The zero-order valence-electron chi connectivity index (χ0n) is 26.3. The number of nitrogens with two attached hydrogens (primary N) is 1. The van der Waals surface area contributed by atoms with Gasteiger partial charge in [0.1, 0.15) is 29.9 Å². The van der Waals surface area contributed by atoms with Gasteiger partial charge in [0.25, 0.3) is 0 Å². The highest BCUT2D eigenvalue weighted by atomic mass is 35.5. The van der Waals surface area contributed by atoms with Crippen molar-refractivity contribution in [3.63, 3.8) is 0 Å². The van der Waals surface area contributed by atoms with Crippen LogP contribution in [-0.2, 0) is 4.79 Å². The summed E-state index contributed by atoms with van der Waals surface area (Å²) < 4.78 is 44.8. The van der Waals surface area contributed by atoms with E-state index in [4.69, 9.17) is 38.4 Å². The second kappa shape index (κ2) is 12.2. The van der Waals surface area contributed by atoms with Crippen molar-refractivity contribution in [2.24, 2.45) is 5.92 Å². The molecule has 2 unspecified atom stereocenters. The highest BCUT2D eigenvalue weighted by Crippen LogP contribution is 2.52. The lowest BCUT2D eigenvalue weighted by Crippen LogP contribution is -2.38. The summed E-state index contributed by atoms with van der Waals surface area (Å²) in [7, 11) is 2.05.